The van der Waals surface area contributed by atoms with Crippen LogP contribution in [0.5, 0.6) is 11.5 Å². The average Bonchev–Trinajstić information content (AvgIpc) is 2.64. The molecule has 0 fully saturated rings. The molecule has 1 aromatic carbocycles. The quantitative estimate of drug-likeness (QED) is 0.616. The number of rotatable bonds is 3. The standard InChI is InChI=1S/C20H18ClFN4O/c1-12-19(21)24-13(2)25-20(12)26-7-6-18-14(11-26)8-17(10-23-18)27-16-5-3-4-15(22)9-16/h3-5,8-10H,6-7,11H2,1-2H3. The largest absolute Gasteiger partial charge is 0.456 e. The molecule has 0 aliphatic carbocycles. The van der Waals surface area contributed by atoms with Crippen LogP contribution in [0.1, 0.15) is 22.6 Å². The molecule has 1 aliphatic heterocycles. The first kappa shape index (κ1) is 17.7. The number of aryl methyl sites for hydroxylation is 1. The van der Waals surface area contributed by atoms with Gasteiger partial charge in [-0.25, -0.2) is 14.4 Å². The summed E-state index contributed by atoms with van der Waals surface area (Å²) in [6, 6.07) is 8.00. The molecular formula is C20H18ClFN4O. The van der Waals surface area contributed by atoms with E-state index in [1.165, 1.54) is 12.1 Å². The Morgan fingerprint density at radius 1 is 1.15 bits per heavy atom. The summed E-state index contributed by atoms with van der Waals surface area (Å²) in [5.41, 5.74) is 2.96. The van der Waals surface area contributed by atoms with Gasteiger partial charge >= 0.3 is 0 Å². The molecule has 0 unspecified atom stereocenters. The number of anilines is 1. The summed E-state index contributed by atoms with van der Waals surface area (Å²) in [4.78, 5) is 15.5. The van der Waals surface area contributed by atoms with Gasteiger partial charge < -0.3 is 9.64 Å². The first-order chi connectivity index (χ1) is 13.0. The van der Waals surface area contributed by atoms with Crippen molar-refractivity contribution in [2.24, 2.45) is 0 Å². The summed E-state index contributed by atoms with van der Waals surface area (Å²) in [6.07, 6.45) is 2.48. The van der Waals surface area contributed by atoms with Crippen LogP contribution in [0, 0.1) is 19.7 Å². The predicted molar refractivity (Wildman–Crippen MR) is 102 cm³/mol. The minimum absolute atomic E-state index is 0.337. The van der Waals surface area contributed by atoms with Crippen molar-refractivity contribution < 1.29 is 9.13 Å². The molecule has 27 heavy (non-hydrogen) atoms. The fourth-order valence-electron chi connectivity index (χ4n) is 3.20. The van der Waals surface area contributed by atoms with E-state index in [1.54, 1.807) is 18.3 Å². The molecule has 0 saturated heterocycles. The second-order valence-electron chi connectivity index (χ2n) is 6.52. The molecule has 5 nitrogen and oxygen atoms in total. The summed E-state index contributed by atoms with van der Waals surface area (Å²) < 4.78 is 19.1. The lowest BCUT2D eigenvalue weighted by atomic mass is 10.1. The van der Waals surface area contributed by atoms with E-state index in [9.17, 15) is 4.39 Å². The highest BCUT2D eigenvalue weighted by molar-refractivity contribution is 6.30. The minimum Gasteiger partial charge on any atom is -0.456 e. The van der Waals surface area contributed by atoms with Crippen molar-refractivity contribution in [2.75, 3.05) is 11.4 Å². The third kappa shape index (κ3) is 3.71. The fraction of sp³-hybridized carbons (Fsp3) is 0.250. The van der Waals surface area contributed by atoms with E-state index in [-0.39, 0.29) is 5.82 Å². The van der Waals surface area contributed by atoms with Crippen molar-refractivity contribution in [3.05, 3.63) is 70.1 Å². The summed E-state index contributed by atoms with van der Waals surface area (Å²) in [7, 11) is 0. The molecule has 2 aromatic heterocycles. The maximum absolute atomic E-state index is 13.4. The van der Waals surface area contributed by atoms with Gasteiger partial charge in [-0.2, -0.15) is 0 Å². The topological polar surface area (TPSA) is 51.1 Å². The molecule has 1 aliphatic rings. The number of aromatic nitrogens is 3. The highest BCUT2D eigenvalue weighted by atomic mass is 35.5. The Morgan fingerprint density at radius 2 is 2.00 bits per heavy atom. The highest BCUT2D eigenvalue weighted by Crippen LogP contribution is 2.30. The molecule has 0 N–H and O–H groups in total. The van der Waals surface area contributed by atoms with Gasteiger partial charge in [-0.15, -0.1) is 0 Å². The Balaban J connectivity index is 1.60. The minimum atomic E-state index is -0.337. The van der Waals surface area contributed by atoms with Crippen LogP contribution in [0.2, 0.25) is 5.15 Å². The fourth-order valence-corrected chi connectivity index (χ4v) is 3.40. The van der Waals surface area contributed by atoms with Crippen LogP contribution in [0.25, 0.3) is 0 Å². The lowest BCUT2D eigenvalue weighted by Gasteiger charge is -2.30. The Morgan fingerprint density at radius 3 is 2.81 bits per heavy atom. The van der Waals surface area contributed by atoms with Gasteiger partial charge in [-0.05, 0) is 37.6 Å². The smallest absolute Gasteiger partial charge is 0.146 e. The van der Waals surface area contributed by atoms with Gasteiger partial charge in [0.15, 0.2) is 0 Å². The Labute approximate surface area is 161 Å². The van der Waals surface area contributed by atoms with Crippen molar-refractivity contribution >= 4 is 17.4 Å². The summed E-state index contributed by atoms with van der Waals surface area (Å²) in [5, 5.41) is 0.476. The van der Waals surface area contributed by atoms with Crippen LogP contribution in [-0.2, 0) is 13.0 Å². The van der Waals surface area contributed by atoms with Crippen molar-refractivity contribution in [1.29, 1.82) is 0 Å². The molecule has 4 rings (SSSR count). The van der Waals surface area contributed by atoms with Crippen molar-refractivity contribution in [3.8, 4) is 11.5 Å². The molecule has 0 bridgehead atoms. The van der Waals surface area contributed by atoms with Crippen molar-refractivity contribution in [2.45, 2.75) is 26.8 Å². The van der Waals surface area contributed by atoms with E-state index in [1.807, 2.05) is 19.9 Å². The number of nitrogens with zero attached hydrogens (tertiary/aromatic N) is 4. The maximum atomic E-state index is 13.4. The molecule has 3 aromatic rings. The van der Waals surface area contributed by atoms with Crippen LogP contribution in [0.15, 0.2) is 36.5 Å². The summed E-state index contributed by atoms with van der Waals surface area (Å²) >= 11 is 6.23. The number of pyridine rings is 1. The maximum Gasteiger partial charge on any atom is 0.146 e. The van der Waals surface area contributed by atoms with Gasteiger partial charge in [0.2, 0.25) is 0 Å². The number of benzene rings is 1. The summed E-state index contributed by atoms with van der Waals surface area (Å²) in [5.74, 6) is 2.17. The lowest BCUT2D eigenvalue weighted by molar-refractivity contribution is 0.472. The van der Waals surface area contributed by atoms with E-state index >= 15 is 0 Å². The van der Waals surface area contributed by atoms with E-state index in [0.717, 1.165) is 35.6 Å². The number of fused-ring (bicyclic) bond motifs is 1. The molecule has 0 spiro atoms. The zero-order chi connectivity index (χ0) is 19.0. The van der Waals surface area contributed by atoms with Crippen LogP contribution >= 0.6 is 11.6 Å². The number of hydrogen-bond acceptors (Lipinski definition) is 5. The van der Waals surface area contributed by atoms with E-state index in [2.05, 4.69) is 19.9 Å². The van der Waals surface area contributed by atoms with Gasteiger partial charge in [-0.3, -0.25) is 4.98 Å². The second-order valence-corrected chi connectivity index (χ2v) is 6.88. The van der Waals surface area contributed by atoms with E-state index in [4.69, 9.17) is 16.3 Å². The first-order valence-corrected chi connectivity index (χ1v) is 9.04. The number of halogens is 2. The Kier molecular flexibility index (Phi) is 4.66. The van der Waals surface area contributed by atoms with Gasteiger partial charge in [0.1, 0.15) is 34.1 Å². The lowest BCUT2D eigenvalue weighted by Crippen LogP contribution is -2.32. The van der Waals surface area contributed by atoms with Crippen LogP contribution in [0.4, 0.5) is 10.2 Å². The molecule has 7 heteroatoms. The zero-order valence-corrected chi connectivity index (χ0v) is 15.8. The SMILES string of the molecule is Cc1nc(Cl)c(C)c(N2CCc3ncc(Oc4cccc(F)c4)cc3C2)n1. The highest BCUT2D eigenvalue weighted by Gasteiger charge is 2.22. The predicted octanol–water partition coefficient (Wildman–Crippen LogP) is 4.64. The van der Waals surface area contributed by atoms with Crippen LogP contribution < -0.4 is 9.64 Å². The molecular weight excluding hydrogens is 367 g/mol. The molecule has 0 atom stereocenters. The van der Waals surface area contributed by atoms with Gasteiger partial charge in [-0.1, -0.05) is 17.7 Å². The van der Waals surface area contributed by atoms with E-state index in [0.29, 0.717) is 29.0 Å². The zero-order valence-electron chi connectivity index (χ0n) is 15.0. The van der Waals surface area contributed by atoms with Gasteiger partial charge in [0, 0.05) is 36.8 Å². The van der Waals surface area contributed by atoms with Crippen LogP contribution in [0.3, 0.4) is 0 Å². The molecule has 3 heterocycles. The summed E-state index contributed by atoms with van der Waals surface area (Å²) in [6.45, 7) is 5.21. The Bertz CT molecular complexity index is 1010. The van der Waals surface area contributed by atoms with Gasteiger partial charge in [0.05, 0.1) is 6.20 Å². The van der Waals surface area contributed by atoms with Crippen LogP contribution in [-0.4, -0.2) is 21.5 Å². The normalized spacial score (nSPS) is 13.4. The second kappa shape index (κ2) is 7.12. The van der Waals surface area contributed by atoms with Gasteiger partial charge in [0.25, 0.3) is 0 Å². The third-order valence-corrected chi connectivity index (χ3v) is 4.89. The molecule has 0 radical (unpaired) electrons. The van der Waals surface area contributed by atoms with Crippen molar-refractivity contribution in [1.82, 2.24) is 15.0 Å². The average molecular weight is 385 g/mol. The van der Waals surface area contributed by atoms with Crippen molar-refractivity contribution in [3.63, 3.8) is 0 Å². The first-order valence-electron chi connectivity index (χ1n) is 8.66. The molecule has 138 valence electrons. The molecule has 0 saturated carbocycles. The molecule has 0 amide bonds. The third-order valence-electron chi connectivity index (χ3n) is 4.52. The van der Waals surface area contributed by atoms with E-state index < -0.39 is 0 Å². The Hall–Kier alpha value is -2.73. The number of ether oxygens (including phenoxy) is 1. The number of hydrogen-bond donors (Lipinski definition) is 0. The monoisotopic (exact) mass is 384 g/mol.